The van der Waals surface area contributed by atoms with Gasteiger partial charge in [0, 0.05) is 49.9 Å². The summed E-state index contributed by atoms with van der Waals surface area (Å²) >= 11 is 0. The van der Waals surface area contributed by atoms with Crippen molar-refractivity contribution in [2.75, 3.05) is 38.0 Å². The first kappa shape index (κ1) is 22.2. The second kappa shape index (κ2) is 9.67. The zero-order valence-corrected chi connectivity index (χ0v) is 19.1. The van der Waals surface area contributed by atoms with Gasteiger partial charge in [0.2, 0.25) is 5.91 Å². The first-order valence-corrected chi connectivity index (χ1v) is 11.3. The summed E-state index contributed by atoms with van der Waals surface area (Å²) in [5.41, 5.74) is 5.66. The Morgan fingerprint density at radius 3 is 2.50 bits per heavy atom. The van der Waals surface area contributed by atoms with Crippen LogP contribution in [0.3, 0.4) is 0 Å². The Bertz CT molecular complexity index is 1180. The van der Waals surface area contributed by atoms with E-state index < -0.39 is 0 Å². The number of fused-ring (bicyclic) bond motifs is 1. The van der Waals surface area contributed by atoms with Crippen LogP contribution in [-0.2, 0) is 17.8 Å². The van der Waals surface area contributed by atoms with Crippen LogP contribution in [0.15, 0.2) is 51.7 Å². The molecule has 6 heteroatoms. The minimum atomic E-state index is -0.307. The van der Waals surface area contributed by atoms with Gasteiger partial charge in [-0.2, -0.15) is 0 Å². The number of hydrogen-bond acceptors (Lipinski definition) is 5. The number of carbonyl (C=O) groups is 1. The van der Waals surface area contributed by atoms with E-state index in [-0.39, 0.29) is 11.5 Å². The number of rotatable bonds is 6. The molecule has 0 spiro atoms. The van der Waals surface area contributed by atoms with E-state index in [0.29, 0.717) is 18.7 Å². The molecular formula is C26H31N3O3. The van der Waals surface area contributed by atoms with E-state index in [2.05, 4.69) is 28.1 Å². The highest BCUT2D eigenvalue weighted by molar-refractivity contribution is 5.93. The van der Waals surface area contributed by atoms with E-state index >= 15 is 0 Å². The van der Waals surface area contributed by atoms with Crippen molar-refractivity contribution in [3.63, 3.8) is 0 Å². The highest BCUT2D eigenvalue weighted by Crippen LogP contribution is 2.21. The van der Waals surface area contributed by atoms with E-state index in [1.165, 1.54) is 5.56 Å². The second-order valence-electron chi connectivity index (χ2n) is 8.69. The number of piperazine rings is 1. The Morgan fingerprint density at radius 2 is 1.75 bits per heavy atom. The van der Waals surface area contributed by atoms with Crippen LogP contribution < -0.4 is 10.9 Å². The predicted octanol–water partition coefficient (Wildman–Crippen LogP) is 3.73. The van der Waals surface area contributed by atoms with Crippen LogP contribution in [0, 0.1) is 13.8 Å². The van der Waals surface area contributed by atoms with Crippen molar-refractivity contribution >= 4 is 22.6 Å². The van der Waals surface area contributed by atoms with Gasteiger partial charge in [-0.15, -0.1) is 0 Å². The topological polar surface area (TPSA) is 65.8 Å². The van der Waals surface area contributed by atoms with Gasteiger partial charge in [0.15, 0.2) is 0 Å². The molecule has 32 heavy (non-hydrogen) atoms. The van der Waals surface area contributed by atoms with Gasteiger partial charge in [0.1, 0.15) is 5.58 Å². The second-order valence-corrected chi connectivity index (χ2v) is 8.69. The lowest BCUT2D eigenvalue weighted by atomic mass is 10.0. The molecule has 0 atom stereocenters. The lowest BCUT2D eigenvalue weighted by molar-refractivity contribution is -0.117. The fraction of sp³-hybridized carbons (Fsp3) is 0.385. The maximum absolute atomic E-state index is 12.5. The number of hydrogen-bond donors (Lipinski definition) is 1. The molecule has 2 aromatic carbocycles. The third kappa shape index (κ3) is 5.26. The molecule has 0 bridgehead atoms. The molecular weight excluding hydrogens is 402 g/mol. The summed E-state index contributed by atoms with van der Waals surface area (Å²) in [5, 5.41) is 4.06. The van der Waals surface area contributed by atoms with E-state index in [1.807, 2.05) is 44.2 Å². The summed E-state index contributed by atoms with van der Waals surface area (Å²) in [5.74, 6) is 0.0194. The quantitative estimate of drug-likeness (QED) is 0.600. The number of anilines is 1. The van der Waals surface area contributed by atoms with E-state index in [9.17, 15) is 9.59 Å². The summed E-state index contributed by atoms with van der Waals surface area (Å²) in [7, 11) is 0. The molecule has 0 saturated carbocycles. The maximum atomic E-state index is 12.5. The van der Waals surface area contributed by atoms with Crippen molar-refractivity contribution in [2.24, 2.45) is 0 Å². The minimum absolute atomic E-state index is 0.0194. The van der Waals surface area contributed by atoms with Gasteiger partial charge >= 0.3 is 5.63 Å². The lowest BCUT2D eigenvalue weighted by Gasteiger charge is -2.34. The average Bonchev–Trinajstić information content (AvgIpc) is 2.77. The first-order chi connectivity index (χ1) is 15.4. The van der Waals surface area contributed by atoms with Crippen LogP contribution in [-0.4, -0.2) is 48.4 Å². The van der Waals surface area contributed by atoms with Gasteiger partial charge in [0.25, 0.3) is 0 Å². The van der Waals surface area contributed by atoms with Gasteiger partial charge in [-0.25, -0.2) is 4.79 Å². The molecule has 4 rings (SSSR count). The van der Waals surface area contributed by atoms with E-state index in [1.54, 1.807) is 6.07 Å². The van der Waals surface area contributed by atoms with E-state index in [0.717, 1.165) is 60.4 Å². The smallest absolute Gasteiger partial charge is 0.336 e. The summed E-state index contributed by atoms with van der Waals surface area (Å²) in [4.78, 5) is 29.1. The Hall–Kier alpha value is -2.96. The molecule has 1 N–H and O–H groups in total. The normalized spacial score (nSPS) is 15.2. The molecule has 1 fully saturated rings. The van der Waals surface area contributed by atoms with Crippen LogP contribution in [0.25, 0.3) is 11.0 Å². The molecule has 3 aromatic rings. The number of nitrogens with one attached hydrogen (secondary N) is 1. The molecule has 0 unspecified atom stereocenters. The number of amides is 1. The van der Waals surface area contributed by atoms with Crippen molar-refractivity contribution in [3.05, 3.63) is 75.1 Å². The number of benzene rings is 2. The molecule has 1 aliphatic rings. The predicted molar refractivity (Wildman–Crippen MR) is 128 cm³/mol. The van der Waals surface area contributed by atoms with Crippen LogP contribution in [0.5, 0.6) is 0 Å². The third-order valence-electron chi connectivity index (χ3n) is 6.19. The number of aryl methyl sites for hydroxylation is 3. The lowest BCUT2D eigenvalue weighted by Crippen LogP contribution is -2.48. The summed E-state index contributed by atoms with van der Waals surface area (Å²) in [6.07, 6.45) is 0.942. The molecule has 0 radical (unpaired) electrons. The fourth-order valence-corrected chi connectivity index (χ4v) is 4.24. The van der Waals surface area contributed by atoms with Gasteiger partial charge < -0.3 is 9.73 Å². The van der Waals surface area contributed by atoms with Crippen LogP contribution in [0.4, 0.5) is 5.69 Å². The molecule has 1 aromatic heterocycles. The van der Waals surface area contributed by atoms with Gasteiger partial charge in [-0.3, -0.25) is 14.6 Å². The molecule has 1 amide bonds. The standard InChI is InChI=1S/C26H31N3O3/c1-4-20-7-8-24-22(14-20)21(15-26(31)32-24)16-28-9-11-29(12-10-28)17-25(30)27-23-13-18(2)5-6-19(23)3/h5-8,13-15H,4,9-12,16-17H2,1-3H3,(H,27,30). The summed E-state index contributed by atoms with van der Waals surface area (Å²) in [6.45, 7) is 10.6. The zero-order valence-electron chi connectivity index (χ0n) is 19.1. The molecule has 0 aliphatic carbocycles. The van der Waals surface area contributed by atoms with Crippen molar-refractivity contribution in [2.45, 2.75) is 33.7 Å². The molecule has 6 nitrogen and oxygen atoms in total. The summed E-state index contributed by atoms with van der Waals surface area (Å²) < 4.78 is 5.39. The van der Waals surface area contributed by atoms with Crippen molar-refractivity contribution in [1.82, 2.24) is 9.80 Å². The molecule has 168 valence electrons. The highest BCUT2D eigenvalue weighted by atomic mass is 16.4. The minimum Gasteiger partial charge on any atom is -0.423 e. The van der Waals surface area contributed by atoms with E-state index in [4.69, 9.17) is 4.42 Å². The van der Waals surface area contributed by atoms with Crippen LogP contribution in [0.2, 0.25) is 0 Å². The van der Waals surface area contributed by atoms with Crippen LogP contribution in [0.1, 0.15) is 29.2 Å². The van der Waals surface area contributed by atoms with Gasteiger partial charge in [-0.1, -0.05) is 25.1 Å². The molecule has 1 saturated heterocycles. The SMILES string of the molecule is CCc1ccc2oc(=O)cc(CN3CCN(CC(=O)Nc4cc(C)ccc4C)CC3)c2c1. The van der Waals surface area contributed by atoms with Crippen molar-refractivity contribution < 1.29 is 9.21 Å². The Morgan fingerprint density at radius 1 is 1.00 bits per heavy atom. The van der Waals surface area contributed by atoms with Crippen molar-refractivity contribution in [1.29, 1.82) is 0 Å². The largest absolute Gasteiger partial charge is 0.423 e. The maximum Gasteiger partial charge on any atom is 0.336 e. The van der Waals surface area contributed by atoms with Gasteiger partial charge in [-0.05, 0) is 60.7 Å². The number of carbonyl (C=O) groups excluding carboxylic acids is 1. The monoisotopic (exact) mass is 433 g/mol. The Kier molecular flexibility index (Phi) is 6.72. The highest BCUT2D eigenvalue weighted by Gasteiger charge is 2.20. The third-order valence-corrected chi connectivity index (χ3v) is 6.19. The first-order valence-electron chi connectivity index (χ1n) is 11.3. The summed E-state index contributed by atoms with van der Waals surface area (Å²) in [6, 6.07) is 13.7. The Balaban J connectivity index is 1.36. The fourth-order valence-electron chi connectivity index (χ4n) is 4.24. The zero-order chi connectivity index (χ0) is 22.7. The number of nitrogens with zero attached hydrogens (tertiary/aromatic N) is 2. The molecule has 2 heterocycles. The van der Waals surface area contributed by atoms with Crippen molar-refractivity contribution in [3.8, 4) is 0 Å². The van der Waals surface area contributed by atoms with Gasteiger partial charge in [0.05, 0.1) is 6.54 Å². The molecule has 1 aliphatic heterocycles. The van der Waals surface area contributed by atoms with Crippen LogP contribution >= 0.6 is 0 Å². The average molecular weight is 434 g/mol. The Labute approximate surface area is 188 Å².